The maximum Gasteiger partial charge on any atom is 0.0647 e. The van der Waals surface area contributed by atoms with Crippen molar-refractivity contribution in [2.75, 3.05) is 0 Å². The minimum absolute atomic E-state index is 0.0677. The molecule has 0 radical (unpaired) electrons. The van der Waals surface area contributed by atoms with Gasteiger partial charge in [0, 0.05) is 21.9 Å². The second-order valence-corrected chi connectivity index (χ2v) is 11.8. The van der Waals surface area contributed by atoms with E-state index in [0.717, 1.165) is 17.0 Å². The maximum atomic E-state index is 4.87. The zero-order chi connectivity index (χ0) is 28.3. The van der Waals surface area contributed by atoms with Gasteiger partial charge in [-0.1, -0.05) is 105 Å². The lowest BCUT2D eigenvalue weighted by Crippen LogP contribution is -2.17. The van der Waals surface area contributed by atoms with E-state index in [1.807, 2.05) is 24.3 Å². The fourth-order valence-corrected chi connectivity index (χ4v) is 7.03. The molecule has 2 nitrogen and oxygen atoms in total. The number of fused-ring (bicyclic) bond motifs is 4. The van der Waals surface area contributed by atoms with Crippen LogP contribution < -0.4 is 0 Å². The summed E-state index contributed by atoms with van der Waals surface area (Å²) in [6.07, 6.45) is 8.06. The topological polar surface area (TPSA) is 17.3 Å². The third-order valence-corrected chi connectivity index (χ3v) is 8.96. The van der Waals surface area contributed by atoms with Crippen molar-refractivity contribution in [3.8, 4) is 5.69 Å². The van der Waals surface area contributed by atoms with Gasteiger partial charge in [-0.25, -0.2) is 0 Å². The molecule has 2 heteroatoms. The van der Waals surface area contributed by atoms with Gasteiger partial charge in [-0.15, -0.1) is 0 Å². The molecule has 0 saturated carbocycles. The molecule has 0 amide bonds. The third-order valence-electron chi connectivity index (χ3n) is 8.96. The molecule has 2 aliphatic carbocycles. The zero-order valence-electron chi connectivity index (χ0n) is 24.2. The van der Waals surface area contributed by atoms with Crippen molar-refractivity contribution in [1.29, 1.82) is 0 Å². The molecule has 0 saturated heterocycles. The SMILES string of the molecule is C=C1C=CC=C/C1=N/Cc1cccc(-n2c3ccccc3c3ccc(C4=C(C)c5ccccc5C4(C)C)c(C)c32)c1. The van der Waals surface area contributed by atoms with E-state index >= 15 is 0 Å². The summed E-state index contributed by atoms with van der Waals surface area (Å²) in [7, 11) is 0. The summed E-state index contributed by atoms with van der Waals surface area (Å²) in [6, 6.07) is 31.2. The number of rotatable bonds is 4. The molecular weight excluding hydrogens is 496 g/mol. The molecule has 1 heterocycles. The fourth-order valence-electron chi connectivity index (χ4n) is 7.03. The van der Waals surface area contributed by atoms with E-state index in [1.54, 1.807) is 0 Å². The smallest absolute Gasteiger partial charge is 0.0647 e. The summed E-state index contributed by atoms with van der Waals surface area (Å²) in [4.78, 5) is 4.87. The normalized spacial score (nSPS) is 16.9. The Morgan fingerprint density at radius 3 is 2.39 bits per heavy atom. The molecule has 2 aliphatic rings. The van der Waals surface area contributed by atoms with Crippen LogP contribution in [-0.4, -0.2) is 10.3 Å². The first-order chi connectivity index (χ1) is 19.9. The fraction of sp³-hybridized carbons (Fsp3) is 0.154. The molecule has 200 valence electrons. The summed E-state index contributed by atoms with van der Waals surface area (Å²) in [6.45, 7) is 14.1. The van der Waals surface area contributed by atoms with Crippen LogP contribution in [-0.2, 0) is 12.0 Å². The monoisotopic (exact) mass is 530 g/mol. The Morgan fingerprint density at radius 2 is 1.56 bits per heavy atom. The number of benzene rings is 4. The Bertz CT molecular complexity index is 2020. The van der Waals surface area contributed by atoms with Crippen LogP contribution in [0.3, 0.4) is 0 Å². The number of para-hydroxylation sites is 1. The minimum atomic E-state index is -0.0677. The van der Waals surface area contributed by atoms with E-state index in [9.17, 15) is 0 Å². The molecule has 7 rings (SSSR count). The van der Waals surface area contributed by atoms with E-state index in [2.05, 4.69) is 124 Å². The Labute approximate surface area is 242 Å². The lowest BCUT2D eigenvalue weighted by Gasteiger charge is -2.27. The van der Waals surface area contributed by atoms with Crippen molar-refractivity contribution in [2.24, 2.45) is 4.99 Å². The summed E-state index contributed by atoms with van der Waals surface area (Å²) in [5, 5.41) is 2.56. The summed E-state index contributed by atoms with van der Waals surface area (Å²) < 4.78 is 2.45. The van der Waals surface area contributed by atoms with Gasteiger partial charge in [0.15, 0.2) is 0 Å². The number of hydrogen-bond donors (Lipinski definition) is 0. The number of nitrogens with zero attached hydrogens (tertiary/aromatic N) is 2. The number of aliphatic imine (C=N–C) groups is 1. The molecule has 0 aliphatic heterocycles. The first-order valence-electron chi connectivity index (χ1n) is 14.4. The second-order valence-electron chi connectivity index (χ2n) is 11.8. The standard InChI is InChI=1S/C39H34N2/c1-25-13-6-10-19-35(25)40-24-28-14-12-15-29(23-28)41-36-20-11-8-17-32(36)33-22-21-31(27(3)38(33)41)37-26(2)30-16-7-9-18-34(30)39(37,4)5/h6-23H,1,24H2,2-5H3/b40-35-. The predicted octanol–water partition coefficient (Wildman–Crippen LogP) is 9.94. The van der Waals surface area contributed by atoms with Gasteiger partial charge in [0.1, 0.15) is 0 Å². The van der Waals surface area contributed by atoms with Gasteiger partial charge in [-0.2, -0.15) is 0 Å². The molecule has 0 atom stereocenters. The largest absolute Gasteiger partial charge is 0.309 e. The van der Waals surface area contributed by atoms with Crippen LogP contribution in [0.2, 0.25) is 0 Å². The molecule has 41 heavy (non-hydrogen) atoms. The first-order valence-corrected chi connectivity index (χ1v) is 14.4. The predicted molar refractivity (Wildman–Crippen MR) is 176 cm³/mol. The molecule has 0 fully saturated rings. The van der Waals surface area contributed by atoms with Crippen molar-refractivity contribution in [1.82, 2.24) is 4.57 Å². The first kappa shape index (κ1) is 25.3. The highest BCUT2D eigenvalue weighted by atomic mass is 15.0. The average molecular weight is 531 g/mol. The molecule has 0 bridgehead atoms. The van der Waals surface area contributed by atoms with Crippen molar-refractivity contribution < 1.29 is 0 Å². The van der Waals surface area contributed by atoms with Gasteiger partial charge in [0.2, 0.25) is 0 Å². The lowest BCUT2D eigenvalue weighted by atomic mass is 9.77. The molecule has 0 unspecified atom stereocenters. The van der Waals surface area contributed by atoms with Crippen LogP contribution in [0.4, 0.5) is 0 Å². The van der Waals surface area contributed by atoms with Gasteiger partial charge < -0.3 is 4.57 Å². The van der Waals surface area contributed by atoms with Crippen LogP contribution >= 0.6 is 0 Å². The number of hydrogen-bond acceptors (Lipinski definition) is 1. The van der Waals surface area contributed by atoms with Crippen molar-refractivity contribution in [3.63, 3.8) is 0 Å². The summed E-state index contributed by atoms with van der Waals surface area (Å²) in [5.74, 6) is 0. The van der Waals surface area contributed by atoms with E-state index in [0.29, 0.717) is 6.54 Å². The molecular formula is C39H34N2. The minimum Gasteiger partial charge on any atom is -0.309 e. The van der Waals surface area contributed by atoms with Gasteiger partial charge in [-0.3, -0.25) is 4.99 Å². The van der Waals surface area contributed by atoms with Crippen LogP contribution in [0.25, 0.3) is 38.6 Å². The molecule has 0 N–H and O–H groups in total. The second kappa shape index (κ2) is 9.45. The summed E-state index contributed by atoms with van der Waals surface area (Å²) in [5.41, 5.74) is 14.9. The van der Waals surface area contributed by atoms with E-state index in [-0.39, 0.29) is 5.41 Å². The Kier molecular flexibility index (Phi) is 5.83. The quantitative estimate of drug-likeness (QED) is 0.220. The average Bonchev–Trinajstić information content (AvgIpc) is 3.43. The highest BCUT2D eigenvalue weighted by Crippen LogP contribution is 2.52. The van der Waals surface area contributed by atoms with Gasteiger partial charge in [-0.05, 0) is 82.7 Å². The molecule has 0 spiro atoms. The van der Waals surface area contributed by atoms with Crippen LogP contribution in [0, 0.1) is 6.92 Å². The van der Waals surface area contributed by atoms with Gasteiger partial charge in [0.05, 0.1) is 23.3 Å². The molecule has 1 aromatic heterocycles. The van der Waals surface area contributed by atoms with Gasteiger partial charge >= 0.3 is 0 Å². The number of allylic oxidation sites excluding steroid dienone is 7. The number of aromatic nitrogens is 1. The molecule has 4 aromatic carbocycles. The summed E-state index contributed by atoms with van der Waals surface area (Å²) >= 11 is 0. The highest BCUT2D eigenvalue weighted by Gasteiger charge is 2.37. The third kappa shape index (κ3) is 3.89. The van der Waals surface area contributed by atoms with E-state index in [4.69, 9.17) is 4.99 Å². The van der Waals surface area contributed by atoms with Crippen molar-refractivity contribution in [3.05, 3.63) is 149 Å². The molecule has 5 aromatic rings. The van der Waals surface area contributed by atoms with Gasteiger partial charge in [0.25, 0.3) is 0 Å². The maximum absolute atomic E-state index is 4.87. The van der Waals surface area contributed by atoms with E-state index < -0.39 is 0 Å². The lowest BCUT2D eigenvalue weighted by molar-refractivity contribution is 0.703. The van der Waals surface area contributed by atoms with E-state index in [1.165, 1.54) is 60.8 Å². The Morgan fingerprint density at radius 1 is 0.780 bits per heavy atom. The Hall–Kier alpha value is -4.69. The van der Waals surface area contributed by atoms with Crippen LogP contribution in [0.1, 0.15) is 48.6 Å². The van der Waals surface area contributed by atoms with Crippen LogP contribution in [0.5, 0.6) is 0 Å². The van der Waals surface area contributed by atoms with Crippen molar-refractivity contribution >= 4 is 38.7 Å². The van der Waals surface area contributed by atoms with Crippen molar-refractivity contribution in [2.45, 2.75) is 39.7 Å². The number of aryl methyl sites for hydroxylation is 1. The highest BCUT2D eigenvalue weighted by molar-refractivity contribution is 6.13. The zero-order valence-corrected chi connectivity index (χ0v) is 24.2. The van der Waals surface area contributed by atoms with Crippen LogP contribution in [0.15, 0.2) is 126 Å². The Balaban J connectivity index is 1.42.